The Labute approximate surface area is 129 Å². The molecule has 21 heavy (non-hydrogen) atoms. The highest BCUT2D eigenvalue weighted by atomic mass is 79.9. The Kier molecular flexibility index (Phi) is 3.54. The van der Waals surface area contributed by atoms with Crippen molar-refractivity contribution in [3.05, 3.63) is 40.9 Å². The topological polar surface area (TPSA) is 93.4 Å². The number of pyridine rings is 1. The summed E-state index contributed by atoms with van der Waals surface area (Å²) in [7, 11) is 0. The molecule has 0 amide bonds. The molecule has 2 N–H and O–H groups in total. The zero-order valence-corrected chi connectivity index (χ0v) is 12.6. The molecule has 7 heteroatoms. The number of halogens is 1. The maximum absolute atomic E-state index is 8.79. The van der Waals surface area contributed by atoms with Gasteiger partial charge in [-0.25, -0.2) is 9.97 Å². The Balaban J connectivity index is 2.22. The van der Waals surface area contributed by atoms with Gasteiger partial charge in [-0.05, 0) is 40.0 Å². The maximum Gasteiger partial charge on any atom is 0.221 e. The van der Waals surface area contributed by atoms with Gasteiger partial charge < -0.3 is 10.3 Å². The van der Waals surface area contributed by atoms with E-state index in [9.17, 15) is 0 Å². The third kappa shape index (κ3) is 2.58. The Bertz CT molecular complexity index is 848. The monoisotopic (exact) mass is 342 g/mol. The van der Waals surface area contributed by atoms with E-state index in [0.717, 1.165) is 21.1 Å². The number of nitrogen functional groups attached to an aromatic ring is 1. The van der Waals surface area contributed by atoms with Gasteiger partial charge in [-0.15, -0.1) is 0 Å². The molecule has 0 aromatic carbocycles. The van der Waals surface area contributed by atoms with Crippen LogP contribution in [0.3, 0.4) is 0 Å². The molecule has 0 spiro atoms. The third-order valence-electron chi connectivity index (χ3n) is 3.15. The number of aromatic nitrogens is 4. The molecule has 0 saturated heterocycles. The van der Waals surface area contributed by atoms with E-state index in [1.54, 1.807) is 18.5 Å². The first-order valence-electron chi connectivity index (χ1n) is 6.30. The maximum atomic E-state index is 8.79. The Morgan fingerprint density at radius 2 is 2.24 bits per heavy atom. The standard InChI is InChI=1S/C14H11BrN6/c15-12-6-11-10(7-19-12)9(2-1-4-16)8-21(11)13-3-5-18-14(17)20-13/h3,5-8H,1-2H2,(H2,17,18,20). The molecule has 0 aliphatic rings. The van der Waals surface area contributed by atoms with Crippen molar-refractivity contribution in [1.82, 2.24) is 19.5 Å². The lowest BCUT2D eigenvalue weighted by Crippen LogP contribution is -2.01. The Morgan fingerprint density at radius 1 is 1.38 bits per heavy atom. The lowest BCUT2D eigenvalue weighted by molar-refractivity contribution is 0.980. The summed E-state index contributed by atoms with van der Waals surface area (Å²) in [6.45, 7) is 0. The van der Waals surface area contributed by atoms with Crippen LogP contribution in [0.25, 0.3) is 16.7 Å². The second kappa shape index (κ2) is 5.50. The zero-order valence-electron chi connectivity index (χ0n) is 11.0. The van der Waals surface area contributed by atoms with E-state index < -0.39 is 0 Å². The van der Waals surface area contributed by atoms with Gasteiger partial charge in [0, 0.05) is 30.4 Å². The highest BCUT2D eigenvalue weighted by molar-refractivity contribution is 9.10. The van der Waals surface area contributed by atoms with Crippen LogP contribution in [0.1, 0.15) is 12.0 Å². The minimum Gasteiger partial charge on any atom is -0.368 e. The summed E-state index contributed by atoms with van der Waals surface area (Å²) >= 11 is 3.38. The molecular weight excluding hydrogens is 332 g/mol. The number of nitrogens with zero attached hydrogens (tertiary/aromatic N) is 5. The van der Waals surface area contributed by atoms with Crippen molar-refractivity contribution in [3.63, 3.8) is 0 Å². The number of hydrogen-bond donors (Lipinski definition) is 1. The van der Waals surface area contributed by atoms with E-state index in [1.165, 1.54) is 0 Å². The summed E-state index contributed by atoms with van der Waals surface area (Å²) < 4.78 is 2.68. The van der Waals surface area contributed by atoms with Crippen molar-refractivity contribution >= 4 is 32.8 Å². The minimum atomic E-state index is 0.223. The zero-order chi connectivity index (χ0) is 14.8. The Morgan fingerprint density at radius 3 is 3.00 bits per heavy atom. The fraction of sp³-hybridized carbons (Fsp3) is 0.143. The van der Waals surface area contributed by atoms with Crippen molar-refractivity contribution in [2.24, 2.45) is 0 Å². The van der Waals surface area contributed by atoms with Crippen LogP contribution < -0.4 is 5.73 Å². The number of rotatable bonds is 3. The normalized spacial score (nSPS) is 10.7. The first-order valence-corrected chi connectivity index (χ1v) is 7.09. The van der Waals surface area contributed by atoms with E-state index in [-0.39, 0.29) is 5.95 Å². The fourth-order valence-corrected chi connectivity index (χ4v) is 2.56. The predicted octanol–water partition coefficient (Wildman–Crippen LogP) is 2.62. The van der Waals surface area contributed by atoms with Crippen molar-refractivity contribution < 1.29 is 0 Å². The van der Waals surface area contributed by atoms with Gasteiger partial charge in [0.05, 0.1) is 11.6 Å². The van der Waals surface area contributed by atoms with Gasteiger partial charge in [0.1, 0.15) is 10.4 Å². The lowest BCUT2D eigenvalue weighted by Gasteiger charge is -2.04. The number of anilines is 1. The van der Waals surface area contributed by atoms with Crippen LogP contribution in [-0.4, -0.2) is 19.5 Å². The van der Waals surface area contributed by atoms with Crippen molar-refractivity contribution in [1.29, 1.82) is 5.26 Å². The van der Waals surface area contributed by atoms with Crippen LogP contribution in [0, 0.1) is 11.3 Å². The molecule has 0 saturated carbocycles. The molecule has 0 aliphatic heterocycles. The van der Waals surface area contributed by atoms with Gasteiger partial charge in [0.2, 0.25) is 5.95 Å². The first-order chi connectivity index (χ1) is 10.2. The van der Waals surface area contributed by atoms with Gasteiger partial charge in [0.15, 0.2) is 0 Å². The van der Waals surface area contributed by atoms with E-state index in [2.05, 4.69) is 37.0 Å². The molecule has 0 fully saturated rings. The molecule has 3 heterocycles. The van der Waals surface area contributed by atoms with Gasteiger partial charge in [-0.2, -0.15) is 10.2 Å². The summed E-state index contributed by atoms with van der Waals surface area (Å²) in [5, 5.41) is 9.79. The van der Waals surface area contributed by atoms with Crippen molar-refractivity contribution in [2.45, 2.75) is 12.8 Å². The summed E-state index contributed by atoms with van der Waals surface area (Å²) in [5.74, 6) is 0.912. The number of nitriles is 1. The van der Waals surface area contributed by atoms with Crippen LogP contribution in [0.5, 0.6) is 0 Å². The highest BCUT2D eigenvalue weighted by Gasteiger charge is 2.12. The van der Waals surface area contributed by atoms with Crippen LogP contribution in [0.4, 0.5) is 5.95 Å². The van der Waals surface area contributed by atoms with Crippen LogP contribution in [-0.2, 0) is 6.42 Å². The second-order valence-electron chi connectivity index (χ2n) is 4.48. The third-order valence-corrected chi connectivity index (χ3v) is 3.59. The summed E-state index contributed by atoms with van der Waals surface area (Å²) in [4.78, 5) is 12.4. The molecule has 6 nitrogen and oxygen atoms in total. The van der Waals surface area contributed by atoms with Gasteiger partial charge in [-0.3, -0.25) is 0 Å². The molecule has 0 radical (unpaired) electrons. The quantitative estimate of drug-likeness (QED) is 0.738. The molecule has 0 atom stereocenters. The van der Waals surface area contributed by atoms with Crippen molar-refractivity contribution in [3.8, 4) is 11.9 Å². The lowest BCUT2D eigenvalue weighted by atomic mass is 10.1. The molecule has 104 valence electrons. The van der Waals surface area contributed by atoms with Gasteiger partial charge in [0.25, 0.3) is 0 Å². The van der Waals surface area contributed by atoms with Gasteiger partial charge in [-0.1, -0.05) is 0 Å². The molecular formula is C14H11BrN6. The second-order valence-corrected chi connectivity index (χ2v) is 5.29. The summed E-state index contributed by atoms with van der Waals surface area (Å²) in [6.07, 6.45) is 6.52. The number of hydrogen-bond acceptors (Lipinski definition) is 5. The van der Waals surface area contributed by atoms with E-state index >= 15 is 0 Å². The predicted molar refractivity (Wildman–Crippen MR) is 82.7 cm³/mol. The average molecular weight is 343 g/mol. The van der Waals surface area contributed by atoms with E-state index in [1.807, 2.05) is 16.8 Å². The smallest absolute Gasteiger partial charge is 0.221 e. The highest BCUT2D eigenvalue weighted by Crippen LogP contribution is 2.26. The molecule has 0 unspecified atom stereocenters. The summed E-state index contributed by atoms with van der Waals surface area (Å²) in [6, 6.07) is 5.88. The van der Waals surface area contributed by atoms with Crippen molar-refractivity contribution in [2.75, 3.05) is 5.73 Å². The molecule has 0 aliphatic carbocycles. The molecule has 3 rings (SSSR count). The largest absolute Gasteiger partial charge is 0.368 e. The molecule has 3 aromatic rings. The number of aryl methyl sites for hydroxylation is 1. The van der Waals surface area contributed by atoms with Gasteiger partial charge >= 0.3 is 0 Å². The van der Waals surface area contributed by atoms with E-state index in [4.69, 9.17) is 11.0 Å². The number of nitrogens with two attached hydrogens (primary N) is 1. The Hall–Kier alpha value is -2.46. The SMILES string of the molecule is N#CCCc1cn(-c2ccnc(N)n2)c2cc(Br)ncc12. The molecule has 0 bridgehead atoms. The van der Waals surface area contributed by atoms with Crippen LogP contribution >= 0.6 is 15.9 Å². The van der Waals surface area contributed by atoms with Crippen LogP contribution in [0.2, 0.25) is 0 Å². The number of fused-ring (bicyclic) bond motifs is 1. The average Bonchev–Trinajstić information content (AvgIpc) is 2.83. The summed E-state index contributed by atoms with van der Waals surface area (Å²) in [5.41, 5.74) is 7.68. The molecule has 3 aromatic heterocycles. The van der Waals surface area contributed by atoms with Crippen LogP contribution in [0.15, 0.2) is 35.3 Å². The minimum absolute atomic E-state index is 0.223. The fourth-order valence-electron chi connectivity index (χ4n) is 2.24. The van der Waals surface area contributed by atoms with E-state index in [0.29, 0.717) is 18.7 Å². The first kappa shape index (κ1) is 13.5.